The van der Waals surface area contributed by atoms with Crippen molar-refractivity contribution in [1.82, 2.24) is 24.7 Å². The average molecular weight is 311 g/mol. The minimum atomic E-state index is 0.551. The first-order valence-corrected chi connectivity index (χ1v) is 6.58. The van der Waals surface area contributed by atoms with Crippen LogP contribution in [0.1, 0.15) is 25.0 Å². The molecular formula is C11H15BrN6. The van der Waals surface area contributed by atoms with Crippen LogP contribution in [0.2, 0.25) is 0 Å². The molecule has 0 amide bonds. The topological polar surface area (TPSA) is 68.5 Å². The molecule has 0 aliphatic rings. The summed E-state index contributed by atoms with van der Waals surface area (Å²) in [7, 11) is 1.84. The summed E-state index contributed by atoms with van der Waals surface area (Å²) in [6.45, 7) is 2.66. The Morgan fingerprint density at radius 3 is 2.83 bits per heavy atom. The Morgan fingerprint density at radius 1 is 1.33 bits per heavy atom. The van der Waals surface area contributed by atoms with Crippen molar-refractivity contribution in [1.29, 1.82) is 0 Å². The van der Waals surface area contributed by atoms with Gasteiger partial charge in [-0.25, -0.2) is 15.0 Å². The van der Waals surface area contributed by atoms with Gasteiger partial charge in [-0.05, 0) is 22.4 Å². The molecule has 0 radical (unpaired) electrons. The molecule has 7 heteroatoms. The van der Waals surface area contributed by atoms with Gasteiger partial charge in [0.2, 0.25) is 0 Å². The second kappa shape index (κ2) is 5.90. The van der Waals surface area contributed by atoms with Crippen LogP contribution in [0.3, 0.4) is 0 Å². The monoisotopic (exact) mass is 310 g/mol. The van der Waals surface area contributed by atoms with Crippen molar-refractivity contribution in [3.63, 3.8) is 0 Å². The lowest BCUT2D eigenvalue weighted by Gasteiger charge is -2.05. The average Bonchev–Trinajstić information content (AvgIpc) is 2.72. The number of aryl methyl sites for hydroxylation is 2. The minimum Gasteiger partial charge on any atom is -0.363 e. The third-order valence-electron chi connectivity index (χ3n) is 2.29. The number of halogens is 1. The molecule has 0 unspecified atom stereocenters. The zero-order chi connectivity index (χ0) is 13.0. The van der Waals surface area contributed by atoms with Gasteiger partial charge < -0.3 is 5.32 Å². The zero-order valence-corrected chi connectivity index (χ0v) is 12.0. The number of rotatable bonds is 5. The van der Waals surface area contributed by atoms with Gasteiger partial charge >= 0.3 is 0 Å². The van der Waals surface area contributed by atoms with E-state index in [2.05, 4.69) is 48.2 Å². The summed E-state index contributed by atoms with van der Waals surface area (Å²) in [6.07, 6.45) is 3.57. The Bertz CT molecular complexity index is 524. The molecule has 0 aliphatic carbocycles. The lowest BCUT2D eigenvalue weighted by atomic mass is 10.3. The summed E-state index contributed by atoms with van der Waals surface area (Å²) in [5.41, 5.74) is 0. The Balaban J connectivity index is 2.04. The summed E-state index contributed by atoms with van der Waals surface area (Å²) in [6, 6.07) is 1.85. The van der Waals surface area contributed by atoms with E-state index in [-0.39, 0.29) is 0 Å². The predicted octanol–water partition coefficient (Wildman–Crippen LogP) is 1.93. The molecule has 6 nitrogen and oxygen atoms in total. The summed E-state index contributed by atoms with van der Waals surface area (Å²) < 4.78 is 2.47. The van der Waals surface area contributed by atoms with Crippen molar-refractivity contribution in [3.05, 3.63) is 28.6 Å². The van der Waals surface area contributed by atoms with Crippen LogP contribution in [-0.4, -0.2) is 24.7 Å². The summed E-state index contributed by atoms with van der Waals surface area (Å²) >= 11 is 3.39. The molecule has 18 heavy (non-hydrogen) atoms. The van der Waals surface area contributed by atoms with E-state index >= 15 is 0 Å². The quantitative estimate of drug-likeness (QED) is 0.855. The molecule has 0 bridgehead atoms. The van der Waals surface area contributed by atoms with Gasteiger partial charge in [-0.2, -0.15) is 5.10 Å². The van der Waals surface area contributed by atoms with Crippen molar-refractivity contribution in [3.8, 4) is 0 Å². The molecular weight excluding hydrogens is 296 g/mol. The largest absolute Gasteiger partial charge is 0.363 e. The second-order valence-electron chi connectivity index (χ2n) is 3.93. The molecule has 0 aromatic carbocycles. The molecule has 96 valence electrons. The Hall–Kier alpha value is -1.50. The third-order valence-corrected chi connectivity index (χ3v) is 2.70. The molecule has 2 rings (SSSR count). The van der Waals surface area contributed by atoms with E-state index in [1.165, 1.54) is 0 Å². The van der Waals surface area contributed by atoms with Gasteiger partial charge in [-0.3, -0.25) is 4.68 Å². The predicted molar refractivity (Wildman–Crippen MR) is 72.1 cm³/mol. The van der Waals surface area contributed by atoms with Crippen molar-refractivity contribution >= 4 is 21.7 Å². The number of anilines is 1. The highest BCUT2D eigenvalue weighted by molar-refractivity contribution is 9.10. The molecule has 2 aromatic rings. The maximum atomic E-state index is 4.43. The van der Waals surface area contributed by atoms with Gasteiger partial charge in [0.1, 0.15) is 22.6 Å². The maximum absolute atomic E-state index is 4.43. The van der Waals surface area contributed by atoms with Crippen LogP contribution in [0.4, 0.5) is 5.82 Å². The Kier molecular flexibility index (Phi) is 4.24. The van der Waals surface area contributed by atoms with Crippen molar-refractivity contribution in [2.75, 3.05) is 5.32 Å². The number of hydrogen-bond acceptors (Lipinski definition) is 5. The molecule has 0 atom stereocenters. The molecule has 0 saturated heterocycles. The van der Waals surface area contributed by atoms with E-state index in [1.807, 2.05) is 13.1 Å². The summed E-state index contributed by atoms with van der Waals surface area (Å²) in [5.74, 6) is 2.36. The van der Waals surface area contributed by atoms with Crippen LogP contribution in [0, 0.1) is 0 Å². The highest BCUT2D eigenvalue weighted by atomic mass is 79.9. The van der Waals surface area contributed by atoms with Gasteiger partial charge in [0, 0.05) is 19.5 Å². The first-order chi connectivity index (χ1) is 8.67. The molecule has 1 N–H and O–H groups in total. The highest BCUT2D eigenvalue weighted by Crippen LogP contribution is 2.13. The SMILES string of the molecule is CCCc1nc(Br)cc(NCc2ncn(C)n2)n1. The van der Waals surface area contributed by atoms with Crippen LogP contribution in [-0.2, 0) is 20.0 Å². The number of hydrogen-bond donors (Lipinski definition) is 1. The molecule has 2 aromatic heterocycles. The van der Waals surface area contributed by atoms with Gasteiger partial charge in [-0.15, -0.1) is 0 Å². The van der Waals surface area contributed by atoms with Crippen LogP contribution in [0.15, 0.2) is 17.0 Å². The van der Waals surface area contributed by atoms with Gasteiger partial charge in [-0.1, -0.05) is 6.92 Å². The fourth-order valence-electron chi connectivity index (χ4n) is 1.53. The van der Waals surface area contributed by atoms with E-state index in [9.17, 15) is 0 Å². The summed E-state index contributed by atoms with van der Waals surface area (Å²) in [5, 5.41) is 7.39. The smallest absolute Gasteiger partial charge is 0.169 e. The molecule has 2 heterocycles. The van der Waals surface area contributed by atoms with Crippen LogP contribution < -0.4 is 5.32 Å². The van der Waals surface area contributed by atoms with E-state index < -0.39 is 0 Å². The van der Waals surface area contributed by atoms with Crippen molar-refractivity contribution in [2.24, 2.45) is 7.05 Å². The van der Waals surface area contributed by atoms with Crippen molar-refractivity contribution < 1.29 is 0 Å². The molecule has 0 aliphatic heterocycles. The van der Waals surface area contributed by atoms with E-state index in [0.29, 0.717) is 6.54 Å². The van der Waals surface area contributed by atoms with E-state index in [1.54, 1.807) is 11.0 Å². The Morgan fingerprint density at radius 2 is 2.17 bits per heavy atom. The maximum Gasteiger partial charge on any atom is 0.169 e. The lowest BCUT2D eigenvalue weighted by molar-refractivity contribution is 0.746. The number of nitrogens with zero attached hydrogens (tertiary/aromatic N) is 5. The van der Waals surface area contributed by atoms with Crippen molar-refractivity contribution in [2.45, 2.75) is 26.3 Å². The lowest BCUT2D eigenvalue weighted by Crippen LogP contribution is -2.06. The van der Waals surface area contributed by atoms with E-state index in [0.717, 1.165) is 34.9 Å². The van der Waals surface area contributed by atoms with Gasteiger partial charge in [0.15, 0.2) is 5.82 Å². The normalized spacial score (nSPS) is 10.6. The molecule has 0 fully saturated rings. The van der Waals surface area contributed by atoms with Crippen LogP contribution in [0.5, 0.6) is 0 Å². The molecule has 0 spiro atoms. The van der Waals surface area contributed by atoms with Gasteiger partial charge in [0.25, 0.3) is 0 Å². The van der Waals surface area contributed by atoms with Gasteiger partial charge in [0.05, 0.1) is 6.54 Å². The first-order valence-electron chi connectivity index (χ1n) is 5.79. The van der Waals surface area contributed by atoms with Crippen LogP contribution >= 0.6 is 15.9 Å². The fraction of sp³-hybridized carbons (Fsp3) is 0.455. The molecule has 0 saturated carbocycles. The fourth-order valence-corrected chi connectivity index (χ4v) is 1.95. The zero-order valence-electron chi connectivity index (χ0n) is 10.4. The summed E-state index contributed by atoms with van der Waals surface area (Å²) in [4.78, 5) is 12.9. The first kappa shape index (κ1) is 12.9. The van der Waals surface area contributed by atoms with E-state index in [4.69, 9.17) is 0 Å². The minimum absolute atomic E-state index is 0.551. The Labute approximate surface area is 114 Å². The van der Waals surface area contributed by atoms with Crippen LogP contribution in [0.25, 0.3) is 0 Å². The third kappa shape index (κ3) is 3.49. The number of aromatic nitrogens is 5. The standard InChI is InChI=1S/C11H15BrN6/c1-3-4-9-15-8(12)5-10(16-9)13-6-11-14-7-18(2)17-11/h5,7H,3-4,6H2,1-2H3,(H,13,15,16). The number of nitrogens with one attached hydrogen (secondary N) is 1. The highest BCUT2D eigenvalue weighted by Gasteiger charge is 2.04. The second-order valence-corrected chi connectivity index (χ2v) is 4.74.